The largest absolute Gasteiger partial charge is 0.390 e. The summed E-state index contributed by atoms with van der Waals surface area (Å²) in [7, 11) is 0. The fourth-order valence-electron chi connectivity index (χ4n) is 2.44. The molecule has 0 spiro atoms. The van der Waals surface area contributed by atoms with E-state index in [0.717, 1.165) is 27.8 Å². The van der Waals surface area contributed by atoms with Crippen LogP contribution in [0.25, 0.3) is 0 Å². The summed E-state index contributed by atoms with van der Waals surface area (Å²) in [6.07, 6.45) is -1.49. The number of carbonyl (C=O) groups is 1. The molecule has 0 saturated heterocycles. The number of benzene rings is 1. The smallest absolute Gasteiger partial charge is 0.216 e. The van der Waals surface area contributed by atoms with Gasteiger partial charge in [-0.15, -0.1) is 0 Å². The second-order valence-corrected chi connectivity index (χ2v) is 5.46. The molecule has 1 aromatic carbocycles. The predicted octanol–water partition coefficient (Wildman–Crippen LogP) is 1.84. The van der Waals surface area contributed by atoms with E-state index in [2.05, 4.69) is 11.4 Å². The van der Waals surface area contributed by atoms with Crippen molar-refractivity contribution in [2.45, 2.75) is 53.2 Å². The van der Waals surface area contributed by atoms with Gasteiger partial charge in [-0.05, 0) is 61.9 Å². The van der Waals surface area contributed by atoms with Crippen LogP contribution in [0.5, 0.6) is 0 Å². The first-order chi connectivity index (χ1) is 9.25. The minimum atomic E-state index is -0.928. The van der Waals surface area contributed by atoms with Crippen LogP contribution in [0.2, 0.25) is 0 Å². The highest BCUT2D eigenvalue weighted by atomic mass is 16.3. The first kappa shape index (κ1) is 16.7. The Balaban J connectivity index is 2.91. The van der Waals surface area contributed by atoms with E-state index in [0.29, 0.717) is 13.0 Å². The van der Waals surface area contributed by atoms with Gasteiger partial charge in [0, 0.05) is 13.5 Å². The summed E-state index contributed by atoms with van der Waals surface area (Å²) in [6.45, 7) is 9.71. The highest BCUT2D eigenvalue weighted by Gasteiger charge is 2.23. The lowest BCUT2D eigenvalue weighted by atomic mass is 9.88. The maximum absolute atomic E-state index is 10.8. The van der Waals surface area contributed by atoms with Gasteiger partial charge in [-0.2, -0.15) is 0 Å². The summed E-state index contributed by atoms with van der Waals surface area (Å²) in [5.41, 5.74) is 5.05. The van der Waals surface area contributed by atoms with Crippen LogP contribution < -0.4 is 5.32 Å². The lowest BCUT2D eigenvalue weighted by Gasteiger charge is -2.24. The van der Waals surface area contributed by atoms with Gasteiger partial charge >= 0.3 is 0 Å². The normalized spacial score (nSPS) is 13.9. The molecule has 4 heteroatoms. The summed E-state index contributed by atoms with van der Waals surface area (Å²) in [5.74, 6) is -0.134. The lowest BCUT2D eigenvalue weighted by molar-refractivity contribution is -0.119. The zero-order valence-corrected chi connectivity index (χ0v) is 12.9. The third-order valence-corrected chi connectivity index (χ3v) is 3.90. The molecule has 112 valence electrons. The first-order valence-corrected chi connectivity index (χ1v) is 6.93. The molecule has 1 aromatic rings. The summed E-state index contributed by atoms with van der Waals surface area (Å²) in [6, 6.07) is 2.09. The Bertz CT molecular complexity index is 471. The zero-order chi connectivity index (χ0) is 15.4. The number of hydrogen-bond acceptors (Lipinski definition) is 3. The summed E-state index contributed by atoms with van der Waals surface area (Å²) in [4.78, 5) is 10.8. The van der Waals surface area contributed by atoms with E-state index in [1.54, 1.807) is 0 Å². The third kappa shape index (κ3) is 3.81. The minimum Gasteiger partial charge on any atom is -0.390 e. The van der Waals surface area contributed by atoms with E-state index < -0.39 is 12.2 Å². The summed E-state index contributed by atoms with van der Waals surface area (Å²) < 4.78 is 0. The van der Waals surface area contributed by atoms with E-state index in [1.807, 2.05) is 27.7 Å². The van der Waals surface area contributed by atoms with E-state index >= 15 is 0 Å². The Morgan fingerprint density at radius 2 is 1.65 bits per heavy atom. The number of nitrogens with one attached hydrogen (secondary N) is 1. The monoisotopic (exact) mass is 279 g/mol. The van der Waals surface area contributed by atoms with Crippen LogP contribution in [0.1, 0.15) is 47.3 Å². The molecule has 3 N–H and O–H groups in total. The molecule has 2 unspecified atom stereocenters. The van der Waals surface area contributed by atoms with Gasteiger partial charge in [0.2, 0.25) is 5.91 Å². The molecule has 1 rings (SSSR count). The van der Waals surface area contributed by atoms with E-state index in [9.17, 15) is 15.0 Å². The van der Waals surface area contributed by atoms with Gasteiger partial charge in [-0.3, -0.25) is 4.79 Å². The molecule has 1 amide bonds. The zero-order valence-electron chi connectivity index (χ0n) is 12.9. The molecule has 0 aliphatic rings. The lowest BCUT2D eigenvalue weighted by Crippen LogP contribution is -2.28. The van der Waals surface area contributed by atoms with Crippen molar-refractivity contribution in [3.63, 3.8) is 0 Å². The molecular formula is C16H25NO3. The molecule has 0 radical (unpaired) electrons. The van der Waals surface area contributed by atoms with Crippen molar-refractivity contribution in [1.82, 2.24) is 5.32 Å². The Morgan fingerprint density at radius 3 is 2.10 bits per heavy atom. The minimum absolute atomic E-state index is 0.134. The average molecular weight is 279 g/mol. The van der Waals surface area contributed by atoms with Crippen molar-refractivity contribution < 1.29 is 15.0 Å². The van der Waals surface area contributed by atoms with Crippen LogP contribution in [0.3, 0.4) is 0 Å². The average Bonchev–Trinajstić information content (AvgIpc) is 2.36. The van der Waals surface area contributed by atoms with Crippen molar-refractivity contribution in [3.8, 4) is 0 Å². The summed E-state index contributed by atoms with van der Waals surface area (Å²) >= 11 is 0. The van der Waals surface area contributed by atoms with Gasteiger partial charge in [-0.25, -0.2) is 0 Å². The van der Waals surface area contributed by atoms with Crippen molar-refractivity contribution in [2.75, 3.05) is 6.54 Å². The highest BCUT2D eigenvalue weighted by molar-refractivity contribution is 5.72. The molecule has 2 atom stereocenters. The number of aliphatic hydroxyl groups excluding tert-OH is 2. The van der Waals surface area contributed by atoms with Gasteiger partial charge in [0.15, 0.2) is 0 Å². The van der Waals surface area contributed by atoms with Gasteiger partial charge < -0.3 is 15.5 Å². The molecule has 4 nitrogen and oxygen atoms in total. The van der Waals surface area contributed by atoms with Gasteiger partial charge in [0.05, 0.1) is 6.10 Å². The van der Waals surface area contributed by atoms with Gasteiger partial charge in [0.25, 0.3) is 0 Å². The quantitative estimate of drug-likeness (QED) is 0.770. The molecule has 0 aliphatic carbocycles. The fraction of sp³-hybridized carbons (Fsp3) is 0.562. The van der Waals surface area contributed by atoms with Crippen LogP contribution in [-0.2, 0) is 4.79 Å². The SMILES string of the molecule is CC(=O)NCCC(O)C(O)c1c(C)c(C)cc(C)c1C. The molecule has 0 heterocycles. The van der Waals surface area contributed by atoms with Crippen molar-refractivity contribution in [3.05, 3.63) is 33.9 Å². The van der Waals surface area contributed by atoms with Gasteiger partial charge in [0.1, 0.15) is 6.10 Å². The maximum Gasteiger partial charge on any atom is 0.216 e. The molecule has 0 aliphatic heterocycles. The van der Waals surface area contributed by atoms with E-state index in [1.165, 1.54) is 6.92 Å². The predicted molar refractivity (Wildman–Crippen MR) is 79.7 cm³/mol. The van der Waals surface area contributed by atoms with E-state index in [-0.39, 0.29) is 5.91 Å². The second-order valence-electron chi connectivity index (χ2n) is 5.46. The Hall–Kier alpha value is -1.39. The number of aliphatic hydroxyl groups is 2. The Labute approximate surface area is 120 Å². The fourth-order valence-corrected chi connectivity index (χ4v) is 2.44. The van der Waals surface area contributed by atoms with Crippen molar-refractivity contribution >= 4 is 5.91 Å². The standard InChI is InChI=1S/C16H25NO3/c1-9-8-10(2)12(4)15(11(9)3)16(20)14(19)6-7-17-13(5)18/h8,14,16,19-20H,6-7H2,1-5H3,(H,17,18). The third-order valence-electron chi connectivity index (χ3n) is 3.90. The maximum atomic E-state index is 10.8. The molecule has 20 heavy (non-hydrogen) atoms. The Morgan fingerprint density at radius 1 is 1.15 bits per heavy atom. The topological polar surface area (TPSA) is 69.6 Å². The first-order valence-electron chi connectivity index (χ1n) is 6.93. The summed E-state index contributed by atoms with van der Waals surface area (Å²) in [5, 5.41) is 23.1. The number of amides is 1. The molecule has 0 fully saturated rings. The number of carbonyl (C=O) groups excluding carboxylic acids is 1. The van der Waals surface area contributed by atoms with Crippen LogP contribution in [0.15, 0.2) is 6.07 Å². The molecule has 0 aromatic heterocycles. The molecule has 0 bridgehead atoms. The van der Waals surface area contributed by atoms with Crippen LogP contribution in [-0.4, -0.2) is 28.8 Å². The van der Waals surface area contributed by atoms with Crippen LogP contribution in [0, 0.1) is 27.7 Å². The second kappa shape index (κ2) is 6.86. The number of hydrogen-bond donors (Lipinski definition) is 3. The van der Waals surface area contributed by atoms with Crippen molar-refractivity contribution in [1.29, 1.82) is 0 Å². The van der Waals surface area contributed by atoms with E-state index in [4.69, 9.17) is 0 Å². The molecular weight excluding hydrogens is 254 g/mol. The molecule has 0 saturated carbocycles. The van der Waals surface area contributed by atoms with Gasteiger partial charge in [-0.1, -0.05) is 6.07 Å². The highest BCUT2D eigenvalue weighted by Crippen LogP contribution is 2.29. The van der Waals surface area contributed by atoms with Crippen LogP contribution >= 0.6 is 0 Å². The van der Waals surface area contributed by atoms with Crippen molar-refractivity contribution in [2.24, 2.45) is 0 Å². The number of aryl methyl sites for hydroxylation is 2. The van der Waals surface area contributed by atoms with Crippen LogP contribution in [0.4, 0.5) is 0 Å². The number of rotatable bonds is 5. The Kier molecular flexibility index (Phi) is 5.72.